The molecular formula is C14H19N5O2. The maximum absolute atomic E-state index is 12.3. The molecule has 21 heavy (non-hydrogen) atoms. The van der Waals surface area contributed by atoms with E-state index in [0.29, 0.717) is 12.1 Å². The maximum Gasteiger partial charge on any atom is 0.255 e. The molecule has 1 aliphatic heterocycles. The number of piperidine rings is 1. The van der Waals surface area contributed by atoms with Crippen molar-refractivity contribution in [2.45, 2.75) is 38.8 Å². The molecule has 0 spiro atoms. The van der Waals surface area contributed by atoms with Crippen LogP contribution >= 0.6 is 0 Å². The zero-order chi connectivity index (χ0) is 14.7. The van der Waals surface area contributed by atoms with Crippen molar-refractivity contribution in [1.29, 1.82) is 0 Å². The molecule has 7 heteroatoms. The van der Waals surface area contributed by atoms with Gasteiger partial charge in [0.1, 0.15) is 11.5 Å². The van der Waals surface area contributed by atoms with Crippen LogP contribution in [0.15, 0.2) is 17.0 Å². The third-order valence-corrected chi connectivity index (χ3v) is 3.83. The fraction of sp³-hybridized carbons (Fsp3) is 0.500. The van der Waals surface area contributed by atoms with Crippen molar-refractivity contribution in [3.05, 3.63) is 35.3 Å². The number of aryl methyl sites for hydroxylation is 1. The highest BCUT2D eigenvalue weighted by molar-refractivity contribution is 5.95. The molecule has 1 saturated heterocycles. The highest BCUT2D eigenvalue weighted by Gasteiger charge is 2.23. The van der Waals surface area contributed by atoms with Crippen molar-refractivity contribution in [1.82, 2.24) is 25.8 Å². The fourth-order valence-electron chi connectivity index (χ4n) is 2.60. The third-order valence-electron chi connectivity index (χ3n) is 3.83. The van der Waals surface area contributed by atoms with Crippen LogP contribution in [-0.4, -0.2) is 27.6 Å². The van der Waals surface area contributed by atoms with Gasteiger partial charge in [-0.25, -0.2) is 4.98 Å². The average molecular weight is 289 g/mol. The number of aromatic nitrogens is 3. The molecule has 1 unspecified atom stereocenters. The Balaban J connectivity index is 1.67. The largest absolute Gasteiger partial charge is 0.448 e. The van der Waals surface area contributed by atoms with E-state index >= 15 is 0 Å². The van der Waals surface area contributed by atoms with E-state index in [-0.39, 0.29) is 11.9 Å². The van der Waals surface area contributed by atoms with E-state index in [1.807, 2.05) is 6.92 Å². The number of aromatic amines is 1. The summed E-state index contributed by atoms with van der Waals surface area (Å²) in [5.74, 6) is 0.574. The molecule has 1 amide bonds. The summed E-state index contributed by atoms with van der Waals surface area (Å²) in [6.45, 7) is 3.15. The number of amides is 1. The number of nitrogens with one attached hydrogen (secondary N) is 3. The van der Waals surface area contributed by atoms with E-state index in [1.54, 1.807) is 6.20 Å². The summed E-state index contributed by atoms with van der Waals surface area (Å²) in [6, 6.07) is 0.177. The zero-order valence-electron chi connectivity index (χ0n) is 12.0. The first kappa shape index (κ1) is 13.8. The van der Waals surface area contributed by atoms with Gasteiger partial charge in [-0.3, -0.25) is 9.89 Å². The third kappa shape index (κ3) is 2.97. The topological polar surface area (TPSA) is 95.8 Å². The second kappa shape index (κ2) is 6.09. The van der Waals surface area contributed by atoms with Gasteiger partial charge in [0.05, 0.1) is 24.0 Å². The quantitative estimate of drug-likeness (QED) is 0.791. The SMILES string of the molecule is Cc1ocnc1CNC(=O)c1cn[nH]c1C1CCCCN1. The summed E-state index contributed by atoms with van der Waals surface area (Å²) in [5.41, 5.74) is 2.20. The number of carbonyl (C=O) groups excluding carboxylic acids is 1. The van der Waals surface area contributed by atoms with Gasteiger partial charge in [-0.05, 0) is 26.3 Å². The summed E-state index contributed by atoms with van der Waals surface area (Å²) in [5, 5.41) is 13.2. The van der Waals surface area contributed by atoms with Crippen molar-refractivity contribution in [3.63, 3.8) is 0 Å². The normalized spacial score (nSPS) is 18.6. The van der Waals surface area contributed by atoms with Crippen molar-refractivity contribution < 1.29 is 9.21 Å². The smallest absolute Gasteiger partial charge is 0.255 e. The van der Waals surface area contributed by atoms with Crippen molar-refractivity contribution >= 4 is 5.91 Å². The van der Waals surface area contributed by atoms with E-state index in [9.17, 15) is 4.79 Å². The number of carbonyl (C=O) groups is 1. The van der Waals surface area contributed by atoms with Gasteiger partial charge in [0.2, 0.25) is 0 Å². The minimum atomic E-state index is -0.145. The fourth-order valence-corrected chi connectivity index (χ4v) is 2.60. The highest BCUT2D eigenvalue weighted by Crippen LogP contribution is 2.23. The Bertz CT molecular complexity index is 612. The molecular weight excluding hydrogens is 270 g/mol. The number of rotatable bonds is 4. The van der Waals surface area contributed by atoms with Crippen LogP contribution in [0.2, 0.25) is 0 Å². The van der Waals surface area contributed by atoms with E-state index in [4.69, 9.17) is 4.42 Å². The Labute approximate surface area is 122 Å². The van der Waals surface area contributed by atoms with Crippen LogP contribution < -0.4 is 10.6 Å². The van der Waals surface area contributed by atoms with Crippen molar-refractivity contribution in [2.24, 2.45) is 0 Å². The molecule has 1 atom stereocenters. The number of oxazole rings is 1. The van der Waals surface area contributed by atoms with E-state index in [2.05, 4.69) is 25.8 Å². The van der Waals surface area contributed by atoms with E-state index < -0.39 is 0 Å². The monoisotopic (exact) mass is 289 g/mol. The molecule has 0 saturated carbocycles. The lowest BCUT2D eigenvalue weighted by Gasteiger charge is -2.23. The lowest BCUT2D eigenvalue weighted by molar-refractivity contribution is 0.0948. The number of nitrogens with zero attached hydrogens (tertiary/aromatic N) is 2. The van der Waals surface area contributed by atoms with Crippen molar-refractivity contribution in [2.75, 3.05) is 6.54 Å². The van der Waals surface area contributed by atoms with Crippen LogP contribution in [0.3, 0.4) is 0 Å². The first-order valence-electron chi connectivity index (χ1n) is 7.19. The summed E-state index contributed by atoms with van der Waals surface area (Å²) < 4.78 is 5.12. The van der Waals surface area contributed by atoms with E-state index in [1.165, 1.54) is 12.8 Å². The van der Waals surface area contributed by atoms with Gasteiger partial charge in [0.15, 0.2) is 6.39 Å². The molecule has 1 fully saturated rings. The van der Waals surface area contributed by atoms with E-state index in [0.717, 1.165) is 36.5 Å². The molecule has 0 radical (unpaired) electrons. The molecule has 0 aromatic carbocycles. The number of H-pyrrole nitrogens is 1. The van der Waals surface area contributed by atoms with Gasteiger partial charge in [-0.2, -0.15) is 5.10 Å². The Morgan fingerprint density at radius 1 is 1.52 bits per heavy atom. The van der Waals surface area contributed by atoms with Gasteiger partial charge in [0.25, 0.3) is 5.91 Å². The number of hydrogen-bond donors (Lipinski definition) is 3. The number of hydrogen-bond acceptors (Lipinski definition) is 5. The van der Waals surface area contributed by atoms with Crippen LogP contribution in [0, 0.1) is 6.92 Å². The predicted octanol–water partition coefficient (Wildman–Crippen LogP) is 1.45. The van der Waals surface area contributed by atoms with Gasteiger partial charge in [-0.1, -0.05) is 6.42 Å². The zero-order valence-corrected chi connectivity index (χ0v) is 12.0. The second-order valence-corrected chi connectivity index (χ2v) is 5.24. The van der Waals surface area contributed by atoms with Crippen LogP contribution in [0.25, 0.3) is 0 Å². The Kier molecular flexibility index (Phi) is 4.01. The lowest BCUT2D eigenvalue weighted by atomic mass is 9.99. The molecule has 2 aromatic heterocycles. The molecule has 1 aliphatic rings. The van der Waals surface area contributed by atoms with Gasteiger partial charge in [0, 0.05) is 6.04 Å². The van der Waals surface area contributed by atoms with Crippen LogP contribution in [0.5, 0.6) is 0 Å². The molecule has 2 aromatic rings. The molecule has 112 valence electrons. The van der Waals surface area contributed by atoms with Gasteiger partial charge < -0.3 is 15.1 Å². The van der Waals surface area contributed by atoms with Gasteiger partial charge >= 0.3 is 0 Å². The first-order valence-corrected chi connectivity index (χ1v) is 7.19. The van der Waals surface area contributed by atoms with Crippen LogP contribution in [0.1, 0.15) is 52.8 Å². The predicted molar refractivity (Wildman–Crippen MR) is 75.6 cm³/mol. The Hall–Kier alpha value is -2.15. The Morgan fingerprint density at radius 3 is 3.14 bits per heavy atom. The average Bonchev–Trinajstić information content (AvgIpc) is 3.15. The minimum absolute atomic E-state index is 0.145. The Morgan fingerprint density at radius 2 is 2.43 bits per heavy atom. The maximum atomic E-state index is 12.3. The molecule has 3 heterocycles. The van der Waals surface area contributed by atoms with Gasteiger partial charge in [-0.15, -0.1) is 0 Å². The highest BCUT2D eigenvalue weighted by atomic mass is 16.3. The molecule has 7 nitrogen and oxygen atoms in total. The standard InChI is InChI=1S/C14H19N5O2/c1-9-12(17-8-21-9)7-16-14(20)10-6-18-19-13(10)11-4-2-3-5-15-11/h6,8,11,15H,2-5,7H2,1H3,(H,16,20)(H,18,19). The summed E-state index contributed by atoms with van der Waals surface area (Å²) in [7, 11) is 0. The summed E-state index contributed by atoms with van der Waals surface area (Å²) in [4.78, 5) is 16.4. The lowest BCUT2D eigenvalue weighted by Crippen LogP contribution is -2.30. The molecule has 3 N–H and O–H groups in total. The molecule has 0 aliphatic carbocycles. The van der Waals surface area contributed by atoms with Crippen LogP contribution in [0.4, 0.5) is 0 Å². The molecule has 0 bridgehead atoms. The molecule has 3 rings (SSSR count). The summed E-state index contributed by atoms with van der Waals surface area (Å²) >= 11 is 0. The summed E-state index contributed by atoms with van der Waals surface area (Å²) in [6.07, 6.45) is 6.32. The first-order chi connectivity index (χ1) is 10.3. The van der Waals surface area contributed by atoms with Crippen molar-refractivity contribution in [3.8, 4) is 0 Å². The van der Waals surface area contributed by atoms with Crippen LogP contribution in [-0.2, 0) is 6.54 Å². The minimum Gasteiger partial charge on any atom is -0.448 e. The second-order valence-electron chi connectivity index (χ2n) is 5.24.